The number of carbonyl (C=O) groups excluding carboxylic acids is 3. The number of hydrogen-bond acceptors (Lipinski definition) is 6. The minimum Gasteiger partial charge on any atom is -0.357 e. The van der Waals surface area contributed by atoms with Gasteiger partial charge in [-0.2, -0.15) is 0 Å². The summed E-state index contributed by atoms with van der Waals surface area (Å²) in [5.41, 5.74) is 0.657. The van der Waals surface area contributed by atoms with E-state index in [1.807, 2.05) is 6.07 Å². The third kappa shape index (κ3) is 3.70. The van der Waals surface area contributed by atoms with Crippen LogP contribution in [0.3, 0.4) is 0 Å². The van der Waals surface area contributed by atoms with Crippen LogP contribution in [0.2, 0.25) is 0 Å². The van der Waals surface area contributed by atoms with Crippen molar-refractivity contribution in [3.05, 3.63) is 53.5 Å². The van der Waals surface area contributed by atoms with Crippen molar-refractivity contribution in [3.63, 3.8) is 0 Å². The quantitative estimate of drug-likeness (QED) is 0.778. The molecule has 1 atom stereocenters. The van der Waals surface area contributed by atoms with Gasteiger partial charge in [0.2, 0.25) is 5.91 Å². The summed E-state index contributed by atoms with van der Waals surface area (Å²) in [5.74, 6) is 0.0352. The summed E-state index contributed by atoms with van der Waals surface area (Å²) in [6.45, 7) is 3.62. The number of anilines is 1. The number of imide groups is 1. The third-order valence-electron chi connectivity index (χ3n) is 5.38. The largest absolute Gasteiger partial charge is 0.357 e. The normalized spacial score (nSPS) is 17.3. The Bertz CT molecular complexity index is 920. The van der Waals surface area contributed by atoms with Gasteiger partial charge in [-0.15, -0.1) is 0 Å². The van der Waals surface area contributed by atoms with Gasteiger partial charge in [-0.3, -0.25) is 19.3 Å². The Morgan fingerprint density at radius 1 is 1.07 bits per heavy atom. The van der Waals surface area contributed by atoms with Gasteiger partial charge < -0.3 is 10.2 Å². The Morgan fingerprint density at radius 2 is 1.72 bits per heavy atom. The molecule has 1 saturated heterocycles. The standard InChI is InChI=1S/C21H23N5O3/c1-14(26-20(28)15-7-3-4-8-16(15)21(26)29)19(27)23-13-17-22-10-9-18(24-17)25-11-5-2-6-12-25/h3-4,7-10,14H,2,5-6,11-13H2,1H3,(H,23,27). The van der Waals surface area contributed by atoms with Gasteiger partial charge in [0, 0.05) is 19.3 Å². The minimum atomic E-state index is -0.923. The lowest BCUT2D eigenvalue weighted by Gasteiger charge is -2.27. The van der Waals surface area contributed by atoms with Crippen molar-refractivity contribution in [2.75, 3.05) is 18.0 Å². The number of fused-ring (bicyclic) bond motifs is 1. The molecule has 1 aromatic heterocycles. The molecule has 8 heteroatoms. The predicted octanol–water partition coefficient (Wildman–Crippen LogP) is 1.77. The molecule has 1 aromatic carbocycles. The first kappa shape index (κ1) is 19.0. The molecule has 3 heterocycles. The lowest BCUT2D eigenvalue weighted by atomic mass is 10.1. The number of carbonyl (C=O) groups is 3. The third-order valence-corrected chi connectivity index (χ3v) is 5.38. The molecule has 2 aliphatic heterocycles. The summed E-state index contributed by atoms with van der Waals surface area (Å²) >= 11 is 0. The second kappa shape index (κ2) is 7.98. The molecule has 1 fully saturated rings. The monoisotopic (exact) mass is 393 g/mol. The van der Waals surface area contributed by atoms with E-state index in [9.17, 15) is 14.4 Å². The Kier molecular flexibility index (Phi) is 5.24. The van der Waals surface area contributed by atoms with Crippen LogP contribution in [-0.2, 0) is 11.3 Å². The van der Waals surface area contributed by atoms with E-state index in [-0.39, 0.29) is 6.54 Å². The van der Waals surface area contributed by atoms with E-state index in [2.05, 4.69) is 20.2 Å². The maximum absolute atomic E-state index is 12.6. The molecule has 4 rings (SSSR count). The van der Waals surface area contributed by atoms with Crippen molar-refractivity contribution in [1.82, 2.24) is 20.2 Å². The number of benzene rings is 1. The van der Waals surface area contributed by atoms with Gasteiger partial charge in [0.1, 0.15) is 17.7 Å². The molecule has 0 aliphatic carbocycles. The summed E-state index contributed by atoms with van der Waals surface area (Å²) < 4.78 is 0. The Balaban J connectivity index is 1.40. The van der Waals surface area contributed by atoms with Crippen LogP contribution in [-0.4, -0.2) is 51.7 Å². The number of nitrogens with zero attached hydrogens (tertiary/aromatic N) is 4. The van der Waals surface area contributed by atoms with E-state index in [0.29, 0.717) is 17.0 Å². The van der Waals surface area contributed by atoms with Gasteiger partial charge >= 0.3 is 0 Å². The average Bonchev–Trinajstić information content (AvgIpc) is 3.03. The number of hydrogen-bond donors (Lipinski definition) is 1. The van der Waals surface area contributed by atoms with E-state index in [1.165, 1.54) is 6.42 Å². The Labute approximate surface area is 168 Å². The van der Waals surface area contributed by atoms with Crippen molar-refractivity contribution >= 4 is 23.5 Å². The minimum absolute atomic E-state index is 0.133. The van der Waals surface area contributed by atoms with Gasteiger partial charge in [-0.05, 0) is 44.4 Å². The number of aromatic nitrogens is 2. The molecule has 29 heavy (non-hydrogen) atoms. The van der Waals surface area contributed by atoms with Crippen molar-refractivity contribution in [2.24, 2.45) is 0 Å². The molecular formula is C21H23N5O3. The fourth-order valence-corrected chi connectivity index (χ4v) is 3.76. The first-order valence-electron chi connectivity index (χ1n) is 9.88. The first-order chi connectivity index (χ1) is 14.1. The van der Waals surface area contributed by atoms with Gasteiger partial charge in [-0.25, -0.2) is 9.97 Å². The SMILES string of the molecule is CC(C(=O)NCc1nccc(N2CCCCC2)n1)N1C(=O)c2ccccc2C1=O. The Morgan fingerprint density at radius 3 is 2.38 bits per heavy atom. The fourth-order valence-electron chi connectivity index (χ4n) is 3.76. The van der Waals surface area contributed by atoms with Crippen LogP contribution in [0.5, 0.6) is 0 Å². The maximum Gasteiger partial charge on any atom is 0.262 e. The van der Waals surface area contributed by atoms with Crippen molar-refractivity contribution in [1.29, 1.82) is 0 Å². The maximum atomic E-state index is 12.6. The highest BCUT2D eigenvalue weighted by Gasteiger charge is 2.40. The van der Waals surface area contributed by atoms with Gasteiger partial charge in [0.25, 0.3) is 11.8 Å². The molecule has 1 N–H and O–H groups in total. The molecule has 8 nitrogen and oxygen atoms in total. The second-order valence-corrected chi connectivity index (χ2v) is 7.30. The highest BCUT2D eigenvalue weighted by Crippen LogP contribution is 2.24. The predicted molar refractivity (Wildman–Crippen MR) is 106 cm³/mol. The topological polar surface area (TPSA) is 95.5 Å². The van der Waals surface area contributed by atoms with Crippen LogP contribution in [0.4, 0.5) is 5.82 Å². The number of amides is 3. The summed E-state index contributed by atoms with van der Waals surface area (Å²) in [5, 5.41) is 2.75. The smallest absolute Gasteiger partial charge is 0.262 e. The number of piperidine rings is 1. The van der Waals surface area contributed by atoms with Gasteiger partial charge in [0.05, 0.1) is 17.7 Å². The molecule has 1 unspecified atom stereocenters. The summed E-state index contributed by atoms with van der Waals surface area (Å²) in [6.07, 6.45) is 5.22. The van der Waals surface area contributed by atoms with Gasteiger partial charge in [0.15, 0.2) is 0 Å². The highest BCUT2D eigenvalue weighted by atomic mass is 16.2. The van der Waals surface area contributed by atoms with Crippen LogP contribution < -0.4 is 10.2 Å². The van der Waals surface area contributed by atoms with Gasteiger partial charge in [-0.1, -0.05) is 12.1 Å². The molecule has 150 valence electrons. The Hall–Kier alpha value is -3.29. The van der Waals surface area contributed by atoms with E-state index >= 15 is 0 Å². The molecule has 0 spiro atoms. The molecule has 3 amide bonds. The van der Waals surface area contributed by atoms with Crippen molar-refractivity contribution < 1.29 is 14.4 Å². The summed E-state index contributed by atoms with van der Waals surface area (Å²) in [7, 11) is 0. The van der Waals surface area contributed by atoms with Crippen LogP contribution in [0.15, 0.2) is 36.5 Å². The van der Waals surface area contributed by atoms with Crippen LogP contribution in [0.25, 0.3) is 0 Å². The van der Waals surface area contributed by atoms with Crippen LogP contribution >= 0.6 is 0 Å². The number of nitrogens with one attached hydrogen (secondary N) is 1. The molecule has 2 aromatic rings. The van der Waals surface area contributed by atoms with E-state index in [1.54, 1.807) is 37.4 Å². The van der Waals surface area contributed by atoms with Crippen molar-refractivity contribution in [2.45, 2.75) is 38.8 Å². The zero-order chi connectivity index (χ0) is 20.4. The zero-order valence-corrected chi connectivity index (χ0v) is 16.3. The number of rotatable bonds is 5. The molecule has 0 saturated carbocycles. The lowest BCUT2D eigenvalue weighted by molar-refractivity contribution is -0.124. The second-order valence-electron chi connectivity index (χ2n) is 7.30. The first-order valence-corrected chi connectivity index (χ1v) is 9.88. The van der Waals surface area contributed by atoms with Crippen LogP contribution in [0.1, 0.15) is 52.7 Å². The molecule has 0 bridgehead atoms. The average molecular weight is 393 g/mol. The highest BCUT2D eigenvalue weighted by molar-refractivity contribution is 6.22. The molecular weight excluding hydrogens is 370 g/mol. The van der Waals surface area contributed by atoms with Crippen LogP contribution in [0, 0.1) is 0 Å². The van der Waals surface area contributed by atoms with E-state index in [4.69, 9.17) is 0 Å². The zero-order valence-electron chi connectivity index (χ0n) is 16.3. The molecule has 0 radical (unpaired) electrons. The molecule has 2 aliphatic rings. The fraction of sp³-hybridized carbons (Fsp3) is 0.381. The van der Waals surface area contributed by atoms with E-state index in [0.717, 1.165) is 36.6 Å². The summed E-state index contributed by atoms with van der Waals surface area (Å²) in [6, 6.07) is 7.54. The van der Waals surface area contributed by atoms with E-state index < -0.39 is 23.8 Å². The lowest BCUT2D eigenvalue weighted by Crippen LogP contribution is -2.47. The van der Waals surface area contributed by atoms with Crippen molar-refractivity contribution in [3.8, 4) is 0 Å². The summed E-state index contributed by atoms with van der Waals surface area (Å²) in [4.78, 5) is 49.7.